The fraction of sp³-hybridized carbons (Fsp3) is 0. The van der Waals surface area contributed by atoms with E-state index in [9.17, 15) is 0 Å². The van der Waals surface area contributed by atoms with Crippen LogP contribution in [0.3, 0.4) is 0 Å². The van der Waals surface area contributed by atoms with Crippen molar-refractivity contribution in [2.45, 2.75) is 0 Å². The number of aromatic nitrogens is 2. The molecule has 206 valence electrons. The van der Waals surface area contributed by atoms with Gasteiger partial charge in [0.15, 0.2) is 5.58 Å². The zero-order valence-electron chi connectivity index (χ0n) is 23.6. The van der Waals surface area contributed by atoms with Gasteiger partial charge in [0, 0.05) is 27.3 Å². The highest BCUT2D eigenvalue weighted by molar-refractivity contribution is 6.10. The van der Waals surface area contributed by atoms with Gasteiger partial charge in [0.2, 0.25) is 0 Å². The summed E-state index contributed by atoms with van der Waals surface area (Å²) in [7, 11) is 0. The third-order valence-corrected chi connectivity index (χ3v) is 8.41. The molecule has 3 aromatic heterocycles. The quantitative estimate of drug-likeness (QED) is 0.213. The molecular weight excluding hydrogens is 540 g/mol. The Kier molecular flexibility index (Phi) is 5.47. The highest BCUT2D eigenvalue weighted by atomic mass is 16.3. The molecule has 0 amide bonds. The first kappa shape index (κ1) is 24.6. The molecule has 0 aliphatic rings. The summed E-state index contributed by atoms with van der Waals surface area (Å²) >= 11 is 0. The number of nitrogens with zero attached hydrogens (tertiary/aromatic N) is 2. The third-order valence-electron chi connectivity index (χ3n) is 8.41. The van der Waals surface area contributed by atoms with Gasteiger partial charge in [0.25, 0.3) is 0 Å². The Bertz CT molecular complexity index is 2510. The van der Waals surface area contributed by atoms with Crippen LogP contribution >= 0.6 is 0 Å². The van der Waals surface area contributed by atoms with E-state index in [1.165, 1.54) is 11.1 Å². The van der Waals surface area contributed by atoms with Crippen LogP contribution in [-0.4, -0.2) is 9.97 Å². The maximum Gasteiger partial charge on any atom is 0.180 e. The van der Waals surface area contributed by atoms with Crippen molar-refractivity contribution in [2.75, 3.05) is 0 Å². The van der Waals surface area contributed by atoms with Crippen LogP contribution in [0.25, 0.3) is 88.6 Å². The van der Waals surface area contributed by atoms with Gasteiger partial charge in [0.1, 0.15) is 34.3 Å². The minimum Gasteiger partial charge on any atom is -0.455 e. The van der Waals surface area contributed by atoms with Crippen LogP contribution in [0.5, 0.6) is 0 Å². The highest BCUT2D eigenvalue weighted by Gasteiger charge is 2.17. The van der Waals surface area contributed by atoms with Crippen molar-refractivity contribution in [2.24, 2.45) is 0 Å². The van der Waals surface area contributed by atoms with Crippen LogP contribution in [0.2, 0.25) is 0 Å². The van der Waals surface area contributed by atoms with E-state index in [1.54, 1.807) is 6.33 Å². The van der Waals surface area contributed by atoms with Crippen molar-refractivity contribution >= 4 is 44.0 Å². The van der Waals surface area contributed by atoms with E-state index in [0.29, 0.717) is 5.58 Å². The van der Waals surface area contributed by atoms with Gasteiger partial charge in [-0.05, 0) is 58.1 Å². The van der Waals surface area contributed by atoms with E-state index >= 15 is 0 Å². The first-order valence-corrected chi connectivity index (χ1v) is 14.6. The second-order valence-electron chi connectivity index (χ2n) is 11.0. The zero-order chi connectivity index (χ0) is 29.0. The molecule has 0 aliphatic heterocycles. The number of rotatable bonds is 4. The van der Waals surface area contributed by atoms with Crippen LogP contribution < -0.4 is 0 Å². The van der Waals surface area contributed by atoms with E-state index in [4.69, 9.17) is 13.8 Å². The number of fused-ring (bicyclic) bond motifs is 6. The summed E-state index contributed by atoms with van der Waals surface area (Å²) in [6.45, 7) is 0. The molecule has 0 radical (unpaired) electrons. The minimum absolute atomic E-state index is 0.678. The predicted molar refractivity (Wildman–Crippen MR) is 178 cm³/mol. The fourth-order valence-electron chi connectivity index (χ4n) is 6.28. The highest BCUT2D eigenvalue weighted by Crippen LogP contribution is 2.39. The van der Waals surface area contributed by atoms with Gasteiger partial charge in [-0.25, -0.2) is 9.97 Å². The monoisotopic (exact) mass is 564 g/mol. The van der Waals surface area contributed by atoms with Crippen molar-refractivity contribution in [1.82, 2.24) is 9.97 Å². The topological polar surface area (TPSA) is 52.1 Å². The van der Waals surface area contributed by atoms with E-state index in [0.717, 1.165) is 71.9 Å². The lowest BCUT2D eigenvalue weighted by Crippen LogP contribution is -1.88. The molecule has 4 nitrogen and oxygen atoms in total. The Hall–Kier alpha value is -6.00. The molecule has 4 heteroatoms. The second-order valence-corrected chi connectivity index (χ2v) is 11.0. The Morgan fingerprint density at radius 2 is 1.05 bits per heavy atom. The molecule has 44 heavy (non-hydrogen) atoms. The Morgan fingerprint density at radius 1 is 0.386 bits per heavy atom. The molecule has 0 fully saturated rings. The van der Waals surface area contributed by atoms with Crippen LogP contribution in [0.1, 0.15) is 0 Å². The molecule has 3 heterocycles. The Morgan fingerprint density at radius 3 is 1.95 bits per heavy atom. The summed E-state index contributed by atoms with van der Waals surface area (Å²) in [4.78, 5) is 9.34. The first-order valence-electron chi connectivity index (χ1n) is 14.6. The van der Waals surface area contributed by atoms with Gasteiger partial charge in [-0.1, -0.05) is 109 Å². The standard InChI is InChI=1S/C40H24N2O2/c1-2-9-25(10-3-1)26-11-6-12-27(21-26)28-19-20-34-36(23-28)44-40-37(41-24-42-38(34)40)30-14-7-13-29(22-30)31-16-8-17-33-32-15-4-5-18-35(32)43-39(31)33/h1-24H. The van der Waals surface area contributed by atoms with E-state index in [-0.39, 0.29) is 0 Å². The zero-order valence-corrected chi connectivity index (χ0v) is 23.6. The van der Waals surface area contributed by atoms with Gasteiger partial charge in [0.05, 0.1) is 0 Å². The molecule has 0 N–H and O–H groups in total. The van der Waals surface area contributed by atoms with Crippen molar-refractivity contribution in [3.05, 3.63) is 146 Å². The van der Waals surface area contributed by atoms with Gasteiger partial charge in [-0.3, -0.25) is 0 Å². The summed E-state index contributed by atoms with van der Waals surface area (Å²) < 4.78 is 12.9. The maximum atomic E-state index is 6.53. The van der Waals surface area contributed by atoms with Crippen molar-refractivity contribution < 1.29 is 8.83 Å². The second kappa shape index (κ2) is 9.79. The van der Waals surface area contributed by atoms with E-state index in [1.807, 2.05) is 24.3 Å². The molecule has 0 atom stereocenters. The molecule has 0 spiro atoms. The number of furan rings is 2. The molecule has 0 saturated carbocycles. The molecule has 0 bridgehead atoms. The predicted octanol–water partition coefficient (Wildman–Crippen LogP) is 10.9. The lowest BCUT2D eigenvalue weighted by molar-refractivity contribution is 0.667. The fourth-order valence-corrected chi connectivity index (χ4v) is 6.28. The summed E-state index contributed by atoms with van der Waals surface area (Å²) in [6.07, 6.45) is 1.62. The molecule has 0 aliphatic carbocycles. The molecule has 0 saturated heterocycles. The maximum absolute atomic E-state index is 6.53. The minimum atomic E-state index is 0.678. The van der Waals surface area contributed by atoms with Gasteiger partial charge in [-0.2, -0.15) is 0 Å². The van der Waals surface area contributed by atoms with Gasteiger partial charge < -0.3 is 8.83 Å². The SMILES string of the molecule is c1ccc(-c2cccc(-c3ccc4c(c3)oc3c(-c5cccc(-c6cccc7c6oc6ccccc67)c5)ncnc34)c2)cc1. The molecule has 9 rings (SSSR count). The molecular formula is C40H24N2O2. The average molecular weight is 565 g/mol. The van der Waals surface area contributed by atoms with E-state index in [2.05, 4.69) is 120 Å². The lowest BCUT2D eigenvalue weighted by atomic mass is 9.98. The average Bonchev–Trinajstić information content (AvgIpc) is 3.67. The van der Waals surface area contributed by atoms with Crippen LogP contribution in [0.4, 0.5) is 0 Å². The van der Waals surface area contributed by atoms with E-state index < -0.39 is 0 Å². The summed E-state index contributed by atoms with van der Waals surface area (Å²) in [5.74, 6) is 0. The Balaban J connectivity index is 1.15. The van der Waals surface area contributed by atoms with Crippen molar-refractivity contribution in [3.63, 3.8) is 0 Å². The van der Waals surface area contributed by atoms with Crippen molar-refractivity contribution in [3.8, 4) is 44.6 Å². The van der Waals surface area contributed by atoms with Crippen LogP contribution in [-0.2, 0) is 0 Å². The molecule has 9 aromatic rings. The normalized spacial score (nSPS) is 11.6. The summed E-state index contributed by atoms with van der Waals surface area (Å²) in [5.41, 5.74) is 12.4. The smallest absolute Gasteiger partial charge is 0.180 e. The van der Waals surface area contributed by atoms with Gasteiger partial charge >= 0.3 is 0 Å². The van der Waals surface area contributed by atoms with Gasteiger partial charge in [-0.15, -0.1) is 0 Å². The van der Waals surface area contributed by atoms with Crippen LogP contribution in [0, 0.1) is 0 Å². The van der Waals surface area contributed by atoms with Crippen molar-refractivity contribution in [1.29, 1.82) is 0 Å². The number of benzene rings is 6. The number of hydrogen-bond donors (Lipinski definition) is 0. The number of para-hydroxylation sites is 2. The molecule has 6 aromatic carbocycles. The number of hydrogen-bond acceptors (Lipinski definition) is 4. The first-order chi connectivity index (χ1) is 21.8. The molecule has 0 unspecified atom stereocenters. The van der Waals surface area contributed by atoms with Crippen LogP contribution in [0.15, 0.2) is 155 Å². The summed E-state index contributed by atoms with van der Waals surface area (Å²) in [6, 6.07) is 48.2. The third kappa shape index (κ3) is 3.92. The Labute approximate surface area is 252 Å². The summed E-state index contributed by atoms with van der Waals surface area (Å²) in [5, 5.41) is 3.19. The largest absolute Gasteiger partial charge is 0.455 e. The lowest BCUT2D eigenvalue weighted by Gasteiger charge is -2.06.